The fourth-order valence-corrected chi connectivity index (χ4v) is 2.14. The molecule has 0 spiro atoms. The van der Waals surface area contributed by atoms with E-state index in [9.17, 15) is 9.59 Å². The number of ketones is 1. The van der Waals surface area contributed by atoms with Crippen molar-refractivity contribution in [3.05, 3.63) is 0 Å². The minimum absolute atomic E-state index is 0.0908. The van der Waals surface area contributed by atoms with Crippen molar-refractivity contribution in [3.63, 3.8) is 0 Å². The zero-order chi connectivity index (χ0) is 12.8. The van der Waals surface area contributed by atoms with Crippen LogP contribution in [0.4, 0.5) is 0 Å². The normalized spacial score (nSPS) is 19.4. The van der Waals surface area contributed by atoms with Crippen LogP contribution >= 0.6 is 0 Å². The summed E-state index contributed by atoms with van der Waals surface area (Å²) in [4.78, 5) is 25.3. The fraction of sp³-hybridized carbons (Fsp3) is 0.846. The van der Waals surface area contributed by atoms with Gasteiger partial charge in [-0.15, -0.1) is 0 Å². The highest BCUT2D eigenvalue weighted by atomic mass is 16.2. The van der Waals surface area contributed by atoms with Crippen LogP contribution in [0.15, 0.2) is 0 Å². The minimum atomic E-state index is -0.122. The number of carbonyl (C=O) groups excluding carboxylic acids is 2. The molecule has 0 aromatic heterocycles. The van der Waals surface area contributed by atoms with E-state index in [1.807, 2.05) is 6.92 Å². The molecule has 98 valence electrons. The van der Waals surface area contributed by atoms with Crippen molar-refractivity contribution in [2.24, 2.45) is 0 Å². The number of likely N-dealkylation sites (tertiary alicyclic amines) is 1. The number of nitrogens with zero attached hydrogens (tertiary/aromatic N) is 1. The van der Waals surface area contributed by atoms with Crippen LogP contribution in [0.3, 0.4) is 0 Å². The van der Waals surface area contributed by atoms with Gasteiger partial charge in [-0.25, -0.2) is 0 Å². The van der Waals surface area contributed by atoms with Crippen LogP contribution in [0.2, 0.25) is 0 Å². The van der Waals surface area contributed by atoms with Gasteiger partial charge in [0.25, 0.3) is 0 Å². The summed E-state index contributed by atoms with van der Waals surface area (Å²) in [6, 6.07) is 0.153. The number of hydrogen-bond acceptors (Lipinski definition) is 3. The number of hydrogen-bond donors (Lipinski definition) is 1. The Kier molecular flexibility index (Phi) is 5.62. The molecule has 1 saturated heterocycles. The Bertz CT molecular complexity index is 265. The van der Waals surface area contributed by atoms with E-state index >= 15 is 0 Å². The van der Waals surface area contributed by atoms with Gasteiger partial charge in [0.15, 0.2) is 0 Å². The number of amides is 1. The Labute approximate surface area is 104 Å². The van der Waals surface area contributed by atoms with Crippen LogP contribution in [-0.2, 0) is 9.59 Å². The maximum absolute atomic E-state index is 12.0. The molecule has 0 aromatic rings. The zero-order valence-electron chi connectivity index (χ0n) is 11.2. The summed E-state index contributed by atoms with van der Waals surface area (Å²) in [6.07, 6.45) is 3.10. The van der Waals surface area contributed by atoms with Crippen LogP contribution in [0, 0.1) is 0 Å². The van der Waals surface area contributed by atoms with Crippen molar-refractivity contribution in [3.8, 4) is 0 Å². The molecule has 1 rings (SSSR count). The maximum Gasteiger partial charge on any atom is 0.237 e. The van der Waals surface area contributed by atoms with Crippen molar-refractivity contribution >= 4 is 11.7 Å². The van der Waals surface area contributed by atoms with Gasteiger partial charge in [0.05, 0.1) is 6.04 Å². The first-order chi connectivity index (χ1) is 8.08. The van der Waals surface area contributed by atoms with E-state index in [-0.39, 0.29) is 18.0 Å². The number of carbonyl (C=O) groups is 2. The van der Waals surface area contributed by atoms with E-state index in [1.165, 1.54) is 0 Å². The third-order valence-corrected chi connectivity index (χ3v) is 3.61. The lowest BCUT2D eigenvalue weighted by molar-refractivity contribution is -0.130. The van der Waals surface area contributed by atoms with Crippen LogP contribution in [0.25, 0.3) is 0 Å². The predicted molar refractivity (Wildman–Crippen MR) is 67.8 cm³/mol. The Morgan fingerprint density at radius 2 is 1.82 bits per heavy atom. The van der Waals surface area contributed by atoms with Crippen LogP contribution < -0.4 is 5.32 Å². The molecule has 0 aromatic carbocycles. The van der Waals surface area contributed by atoms with Gasteiger partial charge < -0.3 is 5.32 Å². The molecule has 1 amide bonds. The molecule has 0 bridgehead atoms. The molecule has 1 N–H and O–H groups in total. The van der Waals surface area contributed by atoms with Crippen molar-refractivity contribution in [2.45, 2.75) is 58.5 Å². The van der Waals surface area contributed by atoms with Gasteiger partial charge in [0.1, 0.15) is 5.78 Å². The van der Waals surface area contributed by atoms with E-state index in [0.717, 1.165) is 25.9 Å². The number of piperidine rings is 1. The van der Waals surface area contributed by atoms with Crippen molar-refractivity contribution in [1.82, 2.24) is 10.2 Å². The monoisotopic (exact) mass is 240 g/mol. The van der Waals surface area contributed by atoms with Gasteiger partial charge >= 0.3 is 0 Å². The minimum Gasteiger partial charge on any atom is -0.352 e. The van der Waals surface area contributed by atoms with E-state index in [1.54, 1.807) is 0 Å². The van der Waals surface area contributed by atoms with Gasteiger partial charge in [-0.05, 0) is 19.8 Å². The first-order valence-corrected chi connectivity index (χ1v) is 6.64. The van der Waals surface area contributed by atoms with Crippen molar-refractivity contribution < 1.29 is 9.59 Å². The summed E-state index contributed by atoms with van der Waals surface area (Å²) in [5.41, 5.74) is 0. The van der Waals surface area contributed by atoms with Crippen molar-refractivity contribution in [1.29, 1.82) is 0 Å². The summed E-state index contributed by atoms with van der Waals surface area (Å²) < 4.78 is 0. The number of Topliss-reactive ketones (excluding diaryl/α,β-unsaturated/α-hetero) is 1. The topological polar surface area (TPSA) is 49.4 Å². The van der Waals surface area contributed by atoms with Crippen LogP contribution in [-0.4, -0.2) is 41.8 Å². The number of nitrogens with one attached hydrogen (secondary N) is 1. The summed E-state index contributed by atoms with van der Waals surface area (Å²) in [5, 5.41) is 3.06. The second-order valence-corrected chi connectivity index (χ2v) is 4.77. The Hall–Kier alpha value is -0.900. The van der Waals surface area contributed by atoms with E-state index in [4.69, 9.17) is 0 Å². The molecule has 1 fully saturated rings. The molecule has 17 heavy (non-hydrogen) atoms. The smallest absolute Gasteiger partial charge is 0.237 e. The Morgan fingerprint density at radius 1 is 1.29 bits per heavy atom. The molecular weight excluding hydrogens is 216 g/mol. The third-order valence-electron chi connectivity index (χ3n) is 3.61. The lowest BCUT2D eigenvalue weighted by Gasteiger charge is -2.31. The molecule has 1 heterocycles. The maximum atomic E-state index is 12.0. The van der Waals surface area contributed by atoms with Gasteiger partial charge in [-0.1, -0.05) is 13.8 Å². The lowest BCUT2D eigenvalue weighted by Crippen LogP contribution is -2.50. The first-order valence-electron chi connectivity index (χ1n) is 6.64. The molecule has 1 unspecified atom stereocenters. The Balaban J connectivity index is 2.43. The van der Waals surface area contributed by atoms with E-state index < -0.39 is 0 Å². The molecule has 1 atom stereocenters. The summed E-state index contributed by atoms with van der Waals surface area (Å²) >= 11 is 0. The third kappa shape index (κ3) is 4.11. The van der Waals surface area contributed by atoms with Crippen LogP contribution in [0.1, 0.15) is 46.5 Å². The highest BCUT2D eigenvalue weighted by Crippen LogP contribution is 2.10. The average Bonchev–Trinajstić information content (AvgIpc) is 2.35. The molecule has 0 saturated carbocycles. The fourth-order valence-electron chi connectivity index (χ4n) is 2.14. The molecular formula is C13H24N2O2. The first kappa shape index (κ1) is 14.2. The molecule has 4 heteroatoms. The largest absolute Gasteiger partial charge is 0.352 e. The quantitative estimate of drug-likeness (QED) is 0.789. The van der Waals surface area contributed by atoms with Crippen molar-refractivity contribution in [2.75, 3.05) is 13.1 Å². The second-order valence-electron chi connectivity index (χ2n) is 4.77. The SMILES string of the molecule is CCC(CC)NC(=O)C(C)N1CCC(=O)CC1. The molecule has 0 radical (unpaired) electrons. The van der Waals surface area contributed by atoms with Gasteiger partial charge in [0.2, 0.25) is 5.91 Å². The highest BCUT2D eigenvalue weighted by Gasteiger charge is 2.26. The summed E-state index contributed by atoms with van der Waals surface area (Å²) in [6.45, 7) is 7.53. The summed E-state index contributed by atoms with van der Waals surface area (Å²) in [7, 11) is 0. The zero-order valence-corrected chi connectivity index (χ0v) is 11.2. The molecule has 0 aliphatic carbocycles. The van der Waals surface area contributed by atoms with Crippen LogP contribution in [0.5, 0.6) is 0 Å². The molecule has 1 aliphatic heterocycles. The predicted octanol–water partition coefficient (Wildman–Crippen LogP) is 1.34. The second kappa shape index (κ2) is 6.74. The standard InChI is InChI=1S/C13H24N2O2/c1-4-11(5-2)14-13(17)10(3)15-8-6-12(16)7-9-15/h10-11H,4-9H2,1-3H3,(H,14,17). The van der Waals surface area contributed by atoms with Gasteiger partial charge in [0, 0.05) is 32.0 Å². The summed E-state index contributed by atoms with van der Waals surface area (Å²) in [5.74, 6) is 0.405. The number of rotatable bonds is 5. The van der Waals surface area contributed by atoms with Gasteiger partial charge in [-0.2, -0.15) is 0 Å². The highest BCUT2D eigenvalue weighted by molar-refractivity contribution is 5.83. The average molecular weight is 240 g/mol. The van der Waals surface area contributed by atoms with E-state index in [2.05, 4.69) is 24.1 Å². The molecule has 1 aliphatic rings. The van der Waals surface area contributed by atoms with E-state index in [0.29, 0.717) is 18.6 Å². The Morgan fingerprint density at radius 3 is 2.29 bits per heavy atom. The molecule has 4 nitrogen and oxygen atoms in total. The lowest BCUT2D eigenvalue weighted by atomic mass is 10.1. The van der Waals surface area contributed by atoms with Gasteiger partial charge in [-0.3, -0.25) is 14.5 Å².